The van der Waals surface area contributed by atoms with Crippen molar-refractivity contribution in [2.24, 2.45) is 0 Å². The Kier molecular flexibility index (Phi) is 3.53. The van der Waals surface area contributed by atoms with Gasteiger partial charge in [0.2, 0.25) is 0 Å². The molecule has 0 spiro atoms. The number of hydrogen-bond donors (Lipinski definition) is 1. The monoisotopic (exact) mass is 301 g/mol. The first-order valence-electron chi connectivity index (χ1n) is 6.88. The summed E-state index contributed by atoms with van der Waals surface area (Å²) < 4.78 is 38.4. The molecule has 3 aromatic carbocycles. The van der Waals surface area contributed by atoms with Crippen molar-refractivity contribution in [1.29, 1.82) is 0 Å². The first-order chi connectivity index (χ1) is 10.4. The topological polar surface area (TPSA) is 12.0 Å². The molecule has 0 unspecified atom stereocenters. The van der Waals surface area contributed by atoms with E-state index in [1.54, 1.807) is 6.07 Å². The van der Waals surface area contributed by atoms with Crippen LogP contribution in [0.3, 0.4) is 0 Å². The molecule has 0 aromatic heterocycles. The van der Waals surface area contributed by atoms with Gasteiger partial charge in [-0.25, -0.2) is 0 Å². The van der Waals surface area contributed by atoms with Gasteiger partial charge in [0, 0.05) is 16.8 Å². The van der Waals surface area contributed by atoms with Gasteiger partial charge < -0.3 is 5.32 Å². The zero-order valence-corrected chi connectivity index (χ0v) is 11.9. The molecule has 1 N–H and O–H groups in total. The minimum Gasteiger partial charge on any atom is -0.355 e. The van der Waals surface area contributed by atoms with Crippen molar-refractivity contribution in [1.82, 2.24) is 0 Å². The Bertz CT molecular complexity index is 822. The normalized spacial score (nSPS) is 11.6. The molecule has 3 rings (SSSR count). The fourth-order valence-corrected chi connectivity index (χ4v) is 2.49. The second-order valence-electron chi connectivity index (χ2n) is 5.18. The summed E-state index contributed by atoms with van der Waals surface area (Å²) >= 11 is 0. The number of benzene rings is 3. The molecule has 4 heteroatoms. The molecule has 0 bridgehead atoms. The standard InChI is InChI=1S/C18H14F3N/c1-12-9-10-17(16-8-3-2-7-15(12)16)22-14-6-4-5-13(11-14)18(19,20)21/h2-11,22H,1H3. The summed E-state index contributed by atoms with van der Waals surface area (Å²) in [6.45, 7) is 2.01. The smallest absolute Gasteiger partial charge is 0.355 e. The van der Waals surface area contributed by atoms with Crippen LogP contribution < -0.4 is 5.32 Å². The van der Waals surface area contributed by atoms with E-state index < -0.39 is 11.7 Å². The maximum Gasteiger partial charge on any atom is 0.416 e. The second kappa shape index (κ2) is 5.37. The van der Waals surface area contributed by atoms with Crippen molar-refractivity contribution >= 4 is 22.1 Å². The third-order valence-electron chi connectivity index (χ3n) is 3.61. The number of halogens is 3. The largest absolute Gasteiger partial charge is 0.416 e. The zero-order chi connectivity index (χ0) is 15.7. The third-order valence-corrected chi connectivity index (χ3v) is 3.61. The molecule has 0 aliphatic carbocycles. The first kappa shape index (κ1) is 14.4. The SMILES string of the molecule is Cc1ccc(Nc2cccc(C(F)(F)F)c2)c2ccccc12. The van der Waals surface area contributed by atoms with Crippen LogP contribution in [0.25, 0.3) is 10.8 Å². The first-order valence-corrected chi connectivity index (χ1v) is 6.88. The summed E-state index contributed by atoms with van der Waals surface area (Å²) in [4.78, 5) is 0. The molecule has 3 aromatic rings. The molecule has 0 saturated carbocycles. The van der Waals surface area contributed by atoms with Gasteiger partial charge in [-0.3, -0.25) is 0 Å². The summed E-state index contributed by atoms with van der Waals surface area (Å²) in [6.07, 6.45) is -4.34. The number of anilines is 2. The van der Waals surface area contributed by atoms with Gasteiger partial charge in [0.05, 0.1) is 5.56 Å². The van der Waals surface area contributed by atoms with E-state index in [2.05, 4.69) is 5.32 Å². The Labute approximate surface area is 126 Å². The lowest BCUT2D eigenvalue weighted by Crippen LogP contribution is -2.05. The van der Waals surface area contributed by atoms with E-state index in [4.69, 9.17) is 0 Å². The summed E-state index contributed by atoms with van der Waals surface area (Å²) in [6, 6.07) is 16.9. The fourth-order valence-electron chi connectivity index (χ4n) is 2.49. The lowest BCUT2D eigenvalue weighted by atomic mass is 10.0. The van der Waals surface area contributed by atoms with E-state index in [0.29, 0.717) is 5.69 Å². The van der Waals surface area contributed by atoms with E-state index in [0.717, 1.165) is 34.2 Å². The van der Waals surface area contributed by atoms with Crippen molar-refractivity contribution in [2.75, 3.05) is 5.32 Å². The molecule has 0 amide bonds. The van der Waals surface area contributed by atoms with Gasteiger partial charge in [0.1, 0.15) is 0 Å². The molecule has 0 radical (unpaired) electrons. The summed E-state index contributed by atoms with van der Waals surface area (Å²) in [5.74, 6) is 0. The summed E-state index contributed by atoms with van der Waals surface area (Å²) in [5.41, 5.74) is 1.68. The Balaban J connectivity index is 2.03. The number of fused-ring (bicyclic) bond motifs is 1. The van der Waals surface area contributed by atoms with Crippen LogP contribution in [0.5, 0.6) is 0 Å². The third kappa shape index (κ3) is 2.77. The zero-order valence-electron chi connectivity index (χ0n) is 11.9. The number of rotatable bonds is 2. The van der Waals surface area contributed by atoms with Gasteiger partial charge in [0.25, 0.3) is 0 Å². The highest BCUT2D eigenvalue weighted by atomic mass is 19.4. The fraction of sp³-hybridized carbons (Fsp3) is 0.111. The Morgan fingerprint density at radius 1 is 0.818 bits per heavy atom. The minimum absolute atomic E-state index is 0.420. The van der Waals surface area contributed by atoms with Crippen LogP contribution in [0.1, 0.15) is 11.1 Å². The van der Waals surface area contributed by atoms with E-state index >= 15 is 0 Å². The van der Waals surface area contributed by atoms with Crippen molar-refractivity contribution in [3.63, 3.8) is 0 Å². The van der Waals surface area contributed by atoms with Gasteiger partial charge in [0.15, 0.2) is 0 Å². The maximum atomic E-state index is 12.8. The van der Waals surface area contributed by atoms with Crippen molar-refractivity contribution in [3.8, 4) is 0 Å². The lowest BCUT2D eigenvalue weighted by molar-refractivity contribution is -0.137. The Hall–Kier alpha value is -2.49. The molecular formula is C18H14F3N. The predicted octanol–water partition coefficient (Wildman–Crippen LogP) is 5.91. The number of aryl methyl sites for hydroxylation is 1. The maximum absolute atomic E-state index is 12.8. The van der Waals surface area contributed by atoms with Gasteiger partial charge in [-0.15, -0.1) is 0 Å². The average Bonchev–Trinajstić information content (AvgIpc) is 2.50. The average molecular weight is 301 g/mol. The van der Waals surface area contributed by atoms with Crippen LogP contribution in [-0.4, -0.2) is 0 Å². The van der Waals surface area contributed by atoms with Crippen LogP contribution in [0.4, 0.5) is 24.5 Å². The molecule has 0 atom stereocenters. The van der Waals surface area contributed by atoms with Gasteiger partial charge >= 0.3 is 6.18 Å². The quantitative estimate of drug-likeness (QED) is 0.620. The number of hydrogen-bond acceptors (Lipinski definition) is 1. The highest BCUT2D eigenvalue weighted by Crippen LogP contribution is 2.33. The molecule has 1 nitrogen and oxygen atoms in total. The van der Waals surface area contributed by atoms with Crippen LogP contribution >= 0.6 is 0 Å². The van der Waals surface area contributed by atoms with E-state index in [1.807, 2.05) is 43.3 Å². The Morgan fingerprint density at radius 3 is 2.27 bits per heavy atom. The lowest BCUT2D eigenvalue weighted by Gasteiger charge is -2.13. The molecular weight excluding hydrogens is 287 g/mol. The van der Waals surface area contributed by atoms with Crippen LogP contribution in [0.15, 0.2) is 60.7 Å². The number of alkyl halides is 3. The van der Waals surface area contributed by atoms with E-state index in [-0.39, 0.29) is 0 Å². The molecule has 0 saturated heterocycles. The van der Waals surface area contributed by atoms with Crippen molar-refractivity contribution in [2.45, 2.75) is 13.1 Å². The molecule has 22 heavy (non-hydrogen) atoms. The minimum atomic E-state index is -4.34. The molecule has 0 aliphatic rings. The van der Waals surface area contributed by atoms with E-state index in [1.165, 1.54) is 6.07 Å². The summed E-state index contributed by atoms with van der Waals surface area (Å²) in [7, 11) is 0. The van der Waals surface area contributed by atoms with Crippen LogP contribution in [0, 0.1) is 6.92 Å². The number of nitrogens with one attached hydrogen (secondary N) is 1. The van der Waals surface area contributed by atoms with Gasteiger partial charge in [-0.2, -0.15) is 13.2 Å². The van der Waals surface area contributed by atoms with E-state index in [9.17, 15) is 13.2 Å². The molecule has 112 valence electrons. The Morgan fingerprint density at radius 2 is 1.55 bits per heavy atom. The predicted molar refractivity (Wildman–Crippen MR) is 83.4 cm³/mol. The van der Waals surface area contributed by atoms with Crippen molar-refractivity contribution in [3.05, 3.63) is 71.8 Å². The van der Waals surface area contributed by atoms with Gasteiger partial charge in [-0.1, -0.05) is 36.4 Å². The highest BCUT2D eigenvalue weighted by molar-refractivity contribution is 5.97. The second-order valence-corrected chi connectivity index (χ2v) is 5.18. The molecule has 0 heterocycles. The highest BCUT2D eigenvalue weighted by Gasteiger charge is 2.30. The van der Waals surface area contributed by atoms with Gasteiger partial charge in [-0.05, 0) is 42.1 Å². The molecule has 0 fully saturated rings. The summed E-state index contributed by atoms with van der Waals surface area (Å²) in [5, 5.41) is 5.16. The molecule has 0 aliphatic heterocycles. The van der Waals surface area contributed by atoms with Crippen LogP contribution in [0.2, 0.25) is 0 Å². The van der Waals surface area contributed by atoms with Crippen LogP contribution in [-0.2, 0) is 6.18 Å². The van der Waals surface area contributed by atoms with Crippen molar-refractivity contribution < 1.29 is 13.2 Å².